The van der Waals surface area contributed by atoms with Crippen LogP contribution in [0.15, 0.2) is 11.2 Å². The minimum atomic E-state index is 0.0221. The van der Waals surface area contributed by atoms with E-state index in [0.717, 1.165) is 17.9 Å². The highest BCUT2D eigenvalue weighted by Crippen LogP contribution is 2.13. The molecule has 4 nitrogen and oxygen atoms in total. The maximum Gasteiger partial charge on any atom is 0.226 e. The SMILES string of the molecule is CCCCC(=O)Nc1ncc(SC)[nH]1. The highest BCUT2D eigenvalue weighted by atomic mass is 32.2. The van der Waals surface area contributed by atoms with Crippen molar-refractivity contribution in [1.82, 2.24) is 9.97 Å². The molecule has 0 aromatic carbocycles. The zero-order chi connectivity index (χ0) is 10.4. The third kappa shape index (κ3) is 3.41. The van der Waals surface area contributed by atoms with Crippen LogP contribution in [-0.2, 0) is 4.79 Å². The molecule has 1 aromatic rings. The zero-order valence-corrected chi connectivity index (χ0v) is 9.28. The standard InChI is InChI=1S/C9H15N3OS/c1-3-4-5-7(13)11-9-10-6-8(12-9)14-2/h6H,3-5H2,1-2H3,(H2,10,11,12,13). The molecule has 1 amide bonds. The van der Waals surface area contributed by atoms with Gasteiger partial charge in [0.25, 0.3) is 0 Å². The lowest BCUT2D eigenvalue weighted by Crippen LogP contribution is -2.11. The Morgan fingerprint density at radius 3 is 3.07 bits per heavy atom. The first kappa shape index (κ1) is 11.1. The van der Waals surface area contributed by atoms with Gasteiger partial charge in [-0.25, -0.2) is 4.98 Å². The van der Waals surface area contributed by atoms with E-state index in [0.29, 0.717) is 12.4 Å². The monoisotopic (exact) mass is 213 g/mol. The molecule has 0 atom stereocenters. The van der Waals surface area contributed by atoms with Crippen molar-refractivity contribution in [2.75, 3.05) is 11.6 Å². The normalized spacial score (nSPS) is 10.1. The van der Waals surface area contributed by atoms with Gasteiger partial charge in [-0.3, -0.25) is 10.1 Å². The molecule has 0 bridgehead atoms. The average Bonchev–Trinajstić information content (AvgIpc) is 2.62. The molecular formula is C9H15N3OS. The lowest BCUT2D eigenvalue weighted by molar-refractivity contribution is -0.116. The molecule has 1 heterocycles. The fraction of sp³-hybridized carbons (Fsp3) is 0.556. The van der Waals surface area contributed by atoms with Gasteiger partial charge in [0, 0.05) is 6.42 Å². The summed E-state index contributed by atoms with van der Waals surface area (Å²) in [7, 11) is 0. The number of nitrogens with zero attached hydrogens (tertiary/aromatic N) is 1. The van der Waals surface area contributed by atoms with E-state index in [-0.39, 0.29) is 5.91 Å². The van der Waals surface area contributed by atoms with Crippen LogP contribution >= 0.6 is 11.8 Å². The van der Waals surface area contributed by atoms with Gasteiger partial charge in [-0.1, -0.05) is 13.3 Å². The highest BCUT2D eigenvalue weighted by Gasteiger charge is 2.04. The molecule has 0 saturated carbocycles. The van der Waals surface area contributed by atoms with Gasteiger partial charge in [0.15, 0.2) is 0 Å². The number of carbonyl (C=O) groups excluding carboxylic acids is 1. The molecule has 0 aliphatic carbocycles. The van der Waals surface area contributed by atoms with Crippen LogP contribution in [0, 0.1) is 0 Å². The van der Waals surface area contributed by atoms with Gasteiger partial charge < -0.3 is 4.98 Å². The first-order valence-corrected chi connectivity index (χ1v) is 5.87. The van der Waals surface area contributed by atoms with E-state index in [1.54, 1.807) is 18.0 Å². The minimum absolute atomic E-state index is 0.0221. The third-order valence-electron chi connectivity index (χ3n) is 1.79. The van der Waals surface area contributed by atoms with Crippen molar-refractivity contribution in [3.63, 3.8) is 0 Å². The molecule has 1 rings (SSSR count). The van der Waals surface area contributed by atoms with Gasteiger partial charge in [-0.05, 0) is 12.7 Å². The van der Waals surface area contributed by atoms with E-state index in [9.17, 15) is 4.79 Å². The number of thioether (sulfide) groups is 1. The van der Waals surface area contributed by atoms with Gasteiger partial charge in [0.05, 0.1) is 11.2 Å². The molecule has 14 heavy (non-hydrogen) atoms. The van der Waals surface area contributed by atoms with E-state index in [4.69, 9.17) is 0 Å². The van der Waals surface area contributed by atoms with Crippen molar-refractivity contribution in [3.05, 3.63) is 6.20 Å². The second-order valence-corrected chi connectivity index (χ2v) is 3.80. The Morgan fingerprint density at radius 1 is 1.71 bits per heavy atom. The number of anilines is 1. The van der Waals surface area contributed by atoms with E-state index >= 15 is 0 Å². The number of carbonyl (C=O) groups is 1. The second kappa shape index (κ2) is 5.70. The molecule has 2 N–H and O–H groups in total. The van der Waals surface area contributed by atoms with E-state index < -0.39 is 0 Å². The van der Waals surface area contributed by atoms with Crippen LogP contribution in [0.25, 0.3) is 0 Å². The summed E-state index contributed by atoms with van der Waals surface area (Å²) in [6, 6.07) is 0. The first-order chi connectivity index (χ1) is 6.76. The summed E-state index contributed by atoms with van der Waals surface area (Å²) in [6.45, 7) is 2.06. The molecular weight excluding hydrogens is 198 g/mol. The molecule has 0 aliphatic heterocycles. The number of aromatic amines is 1. The predicted octanol–water partition coefficient (Wildman–Crippen LogP) is 2.26. The molecule has 78 valence electrons. The Labute approximate surface area is 87.9 Å². The van der Waals surface area contributed by atoms with Crippen molar-refractivity contribution in [3.8, 4) is 0 Å². The van der Waals surface area contributed by atoms with E-state index in [1.807, 2.05) is 6.26 Å². The van der Waals surface area contributed by atoms with Gasteiger partial charge in [0.2, 0.25) is 11.9 Å². The van der Waals surface area contributed by atoms with Crippen LogP contribution in [0.5, 0.6) is 0 Å². The molecule has 5 heteroatoms. The van der Waals surface area contributed by atoms with Crippen molar-refractivity contribution in [1.29, 1.82) is 0 Å². The molecule has 0 saturated heterocycles. The Morgan fingerprint density at radius 2 is 2.50 bits per heavy atom. The van der Waals surface area contributed by atoms with Gasteiger partial charge in [-0.2, -0.15) is 0 Å². The number of hydrogen-bond acceptors (Lipinski definition) is 3. The molecule has 0 unspecified atom stereocenters. The number of H-pyrrole nitrogens is 1. The van der Waals surface area contributed by atoms with E-state index in [1.165, 1.54) is 0 Å². The van der Waals surface area contributed by atoms with Crippen LogP contribution in [-0.4, -0.2) is 22.1 Å². The number of amides is 1. The number of hydrogen-bond donors (Lipinski definition) is 2. The van der Waals surface area contributed by atoms with Crippen LogP contribution < -0.4 is 5.32 Å². The first-order valence-electron chi connectivity index (χ1n) is 4.65. The fourth-order valence-corrected chi connectivity index (χ4v) is 1.36. The summed E-state index contributed by atoms with van der Waals surface area (Å²) in [5.41, 5.74) is 0. The summed E-state index contributed by atoms with van der Waals surface area (Å²) in [5, 5.41) is 3.67. The Hall–Kier alpha value is -0.970. The summed E-state index contributed by atoms with van der Waals surface area (Å²) >= 11 is 1.57. The molecule has 1 aromatic heterocycles. The summed E-state index contributed by atoms with van der Waals surface area (Å²) < 4.78 is 0. The predicted molar refractivity (Wildman–Crippen MR) is 58.5 cm³/mol. The summed E-state index contributed by atoms with van der Waals surface area (Å²) in [4.78, 5) is 18.3. The maximum absolute atomic E-state index is 11.3. The van der Waals surface area contributed by atoms with Gasteiger partial charge >= 0.3 is 0 Å². The largest absolute Gasteiger partial charge is 0.319 e. The average molecular weight is 213 g/mol. The van der Waals surface area contributed by atoms with Gasteiger partial charge in [-0.15, -0.1) is 11.8 Å². The van der Waals surface area contributed by atoms with Crippen LogP contribution in [0.3, 0.4) is 0 Å². The quantitative estimate of drug-likeness (QED) is 0.738. The number of nitrogens with one attached hydrogen (secondary N) is 2. The molecule has 0 spiro atoms. The number of unbranched alkanes of at least 4 members (excludes halogenated alkanes) is 1. The van der Waals surface area contributed by atoms with Crippen molar-refractivity contribution < 1.29 is 4.79 Å². The fourth-order valence-electron chi connectivity index (χ4n) is 1.00. The summed E-state index contributed by atoms with van der Waals surface area (Å²) in [5.74, 6) is 0.560. The number of aromatic nitrogens is 2. The van der Waals surface area contributed by atoms with E-state index in [2.05, 4.69) is 22.2 Å². The topological polar surface area (TPSA) is 57.8 Å². The zero-order valence-electron chi connectivity index (χ0n) is 8.46. The summed E-state index contributed by atoms with van der Waals surface area (Å²) in [6.07, 6.45) is 6.17. The molecule has 0 fully saturated rings. The van der Waals surface area contributed by atoms with Crippen LogP contribution in [0.4, 0.5) is 5.95 Å². The minimum Gasteiger partial charge on any atom is -0.319 e. The lowest BCUT2D eigenvalue weighted by atomic mass is 10.2. The highest BCUT2D eigenvalue weighted by molar-refractivity contribution is 7.98. The Bertz CT molecular complexity index is 298. The second-order valence-electron chi connectivity index (χ2n) is 2.95. The van der Waals surface area contributed by atoms with Gasteiger partial charge in [0.1, 0.15) is 0 Å². The smallest absolute Gasteiger partial charge is 0.226 e. The maximum atomic E-state index is 11.3. The van der Waals surface area contributed by atoms with Crippen molar-refractivity contribution >= 4 is 23.6 Å². The molecule has 0 radical (unpaired) electrons. The number of rotatable bonds is 5. The van der Waals surface area contributed by atoms with Crippen LogP contribution in [0.1, 0.15) is 26.2 Å². The Kier molecular flexibility index (Phi) is 4.52. The lowest BCUT2D eigenvalue weighted by Gasteiger charge is -1.99. The van der Waals surface area contributed by atoms with Crippen molar-refractivity contribution in [2.24, 2.45) is 0 Å². The third-order valence-corrected chi connectivity index (χ3v) is 2.43. The van der Waals surface area contributed by atoms with Crippen molar-refractivity contribution in [2.45, 2.75) is 31.2 Å². The number of imidazole rings is 1. The molecule has 0 aliphatic rings. The van der Waals surface area contributed by atoms with Crippen LogP contribution in [0.2, 0.25) is 0 Å². The Balaban J connectivity index is 2.39.